The molecule has 2 N–H and O–H groups in total. The number of hydrogen-bond acceptors (Lipinski definition) is 7. The van der Waals surface area contributed by atoms with Gasteiger partial charge in [-0.1, -0.05) is 48.5 Å². The molecule has 3 unspecified atom stereocenters. The maximum Gasteiger partial charge on any atom is 0.330 e. The predicted molar refractivity (Wildman–Crippen MR) is 171 cm³/mol. The van der Waals surface area contributed by atoms with Gasteiger partial charge in [0.15, 0.2) is 0 Å². The molecule has 11 heteroatoms. The number of fused-ring (bicyclic) bond motifs is 1. The number of aromatic nitrogens is 2. The normalized spacial score (nSPS) is 21.3. The molecule has 0 radical (unpaired) electrons. The topological polar surface area (TPSA) is 109 Å². The van der Waals surface area contributed by atoms with Crippen molar-refractivity contribution in [2.45, 2.75) is 56.7 Å². The number of carbonyl (C=O) groups is 2. The van der Waals surface area contributed by atoms with E-state index >= 15 is 0 Å². The standard InChI is InChI=1S/C33H37ClN6O4/c1-4-29(41)36-25-13-12-22(21-8-6-5-7-9-21)14-26(25)37-32-35-17-23-19-39(27-15-24(43-2)16-28(44-3)30(27)34)33(42)40(31(23)38-32)18-20-10-11-20/h4-9,15-17,20,22,25-26H,1,10-14,18-19H2,2-3H3,(H,36,41)(H,35,37,38). The van der Waals surface area contributed by atoms with Gasteiger partial charge in [0.1, 0.15) is 22.3 Å². The van der Waals surface area contributed by atoms with E-state index in [9.17, 15) is 9.59 Å². The Balaban J connectivity index is 1.31. The van der Waals surface area contributed by atoms with Gasteiger partial charge in [-0.15, -0.1) is 0 Å². The fourth-order valence-electron chi connectivity index (χ4n) is 6.16. The lowest BCUT2D eigenvalue weighted by Crippen LogP contribution is -2.50. The van der Waals surface area contributed by atoms with Gasteiger partial charge in [-0.05, 0) is 55.6 Å². The summed E-state index contributed by atoms with van der Waals surface area (Å²) in [5, 5.41) is 6.94. The van der Waals surface area contributed by atoms with Crippen molar-refractivity contribution in [1.82, 2.24) is 15.3 Å². The average molecular weight is 617 g/mol. The van der Waals surface area contributed by atoms with Crippen LogP contribution < -0.4 is 29.9 Å². The zero-order valence-corrected chi connectivity index (χ0v) is 25.7. The van der Waals surface area contributed by atoms with Gasteiger partial charge in [0.25, 0.3) is 0 Å². The van der Waals surface area contributed by atoms with Crippen LogP contribution >= 0.6 is 11.6 Å². The molecule has 0 bridgehead atoms. The maximum absolute atomic E-state index is 14.1. The Morgan fingerprint density at radius 2 is 1.91 bits per heavy atom. The van der Waals surface area contributed by atoms with Crippen molar-refractivity contribution >= 4 is 41.0 Å². The van der Waals surface area contributed by atoms with Crippen LogP contribution in [-0.2, 0) is 11.3 Å². The van der Waals surface area contributed by atoms with Crippen LogP contribution in [0.3, 0.4) is 0 Å². The third-order valence-corrected chi connectivity index (χ3v) is 9.09. The van der Waals surface area contributed by atoms with E-state index in [1.54, 1.807) is 35.2 Å². The molecule has 0 spiro atoms. The molecule has 1 aliphatic heterocycles. The molecule has 2 heterocycles. The first kappa shape index (κ1) is 29.7. The predicted octanol–water partition coefficient (Wildman–Crippen LogP) is 5.92. The van der Waals surface area contributed by atoms with Crippen molar-refractivity contribution in [3.8, 4) is 11.5 Å². The summed E-state index contributed by atoms with van der Waals surface area (Å²) in [6.45, 7) is 4.41. The van der Waals surface area contributed by atoms with Crippen molar-refractivity contribution < 1.29 is 19.1 Å². The maximum atomic E-state index is 14.1. The highest BCUT2D eigenvalue weighted by molar-refractivity contribution is 6.35. The van der Waals surface area contributed by atoms with Crippen LogP contribution in [-0.4, -0.2) is 54.8 Å². The minimum Gasteiger partial charge on any atom is -0.497 e. The van der Waals surface area contributed by atoms with E-state index in [-0.39, 0.29) is 30.6 Å². The summed E-state index contributed by atoms with van der Waals surface area (Å²) in [6, 6.07) is 13.4. The number of urea groups is 1. The summed E-state index contributed by atoms with van der Waals surface area (Å²) in [4.78, 5) is 39.3. The quantitative estimate of drug-likeness (QED) is 0.272. The largest absolute Gasteiger partial charge is 0.497 e. The first-order chi connectivity index (χ1) is 21.4. The minimum atomic E-state index is -0.218. The third-order valence-electron chi connectivity index (χ3n) is 8.71. The number of amides is 3. The Hall–Kier alpha value is -4.31. The molecule has 10 nitrogen and oxygen atoms in total. The van der Waals surface area contributed by atoms with Gasteiger partial charge in [0.2, 0.25) is 11.9 Å². The number of anilines is 3. The summed E-state index contributed by atoms with van der Waals surface area (Å²) < 4.78 is 10.9. The lowest BCUT2D eigenvalue weighted by Gasteiger charge is -2.38. The number of rotatable bonds is 10. The molecule has 2 fully saturated rings. The summed E-state index contributed by atoms with van der Waals surface area (Å²) >= 11 is 6.71. The first-order valence-electron chi connectivity index (χ1n) is 15.0. The highest BCUT2D eigenvalue weighted by Crippen LogP contribution is 2.43. The van der Waals surface area contributed by atoms with E-state index in [2.05, 4.69) is 46.5 Å². The Kier molecular flexibility index (Phi) is 8.61. The number of ether oxygens (including phenoxy) is 2. The van der Waals surface area contributed by atoms with Crippen molar-refractivity contribution in [1.29, 1.82) is 0 Å². The van der Waals surface area contributed by atoms with Crippen LogP contribution in [0.1, 0.15) is 49.1 Å². The number of nitrogens with zero attached hydrogens (tertiary/aromatic N) is 4. The van der Waals surface area contributed by atoms with Crippen LogP contribution in [0.15, 0.2) is 61.3 Å². The van der Waals surface area contributed by atoms with Gasteiger partial charge in [-0.25, -0.2) is 9.78 Å². The molecule has 6 rings (SSSR count). The number of benzene rings is 2. The Morgan fingerprint density at radius 3 is 2.61 bits per heavy atom. The number of nitrogens with one attached hydrogen (secondary N) is 2. The van der Waals surface area contributed by atoms with Crippen molar-refractivity contribution in [3.63, 3.8) is 0 Å². The van der Waals surface area contributed by atoms with Crippen molar-refractivity contribution in [2.75, 3.05) is 35.9 Å². The molecule has 3 aliphatic rings. The molecule has 2 aliphatic carbocycles. The van der Waals surface area contributed by atoms with Gasteiger partial charge in [0.05, 0.1) is 26.5 Å². The molecule has 230 valence electrons. The Bertz CT molecular complexity index is 1550. The fourth-order valence-corrected chi connectivity index (χ4v) is 6.45. The highest BCUT2D eigenvalue weighted by Gasteiger charge is 2.39. The second kappa shape index (κ2) is 12.7. The van der Waals surface area contributed by atoms with E-state index in [1.807, 2.05) is 6.07 Å². The van der Waals surface area contributed by atoms with Gasteiger partial charge in [0, 0.05) is 42.5 Å². The first-order valence-corrected chi connectivity index (χ1v) is 15.4. The van der Waals surface area contributed by atoms with Crippen LogP contribution in [0, 0.1) is 5.92 Å². The smallest absolute Gasteiger partial charge is 0.330 e. The molecular weight excluding hydrogens is 580 g/mol. The number of hydrogen-bond donors (Lipinski definition) is 2. The second-order valence-electron chi connectivity index (χ2n) is 11.6. The molecule has 3 aromatic rings. The van der Waals surface area contributed by atoms with Crippen LogP contribution in [0.25, 0.3) is 0 Å². The summed E-state index contributed by atoms with van der Waals surface area (Å²) in [7, 11) is 3.09. The Labute approximate surface area is 262 Å². The molecule has 2 saturated carbocycles. The summed E-state index contributed by atoms with van der Waals surface area (Å²) in [5.41, 5.74) is 2.57. The Morgan fingerprint density at radius 1 is 1.11 bits per heavy atom. The van der Waals surface area contributed by atoms with E-state index in [1.165, 1.54) is 18.7 Å². The van der Waals surface area contributed by atoms with E-state index in [0.29, 0.717) is 52.4 Å². The molecule has 2 aromatic carbocycles. The summed E-state index contributed by atoms with van der Waals surface area (Å²) in [6.07, 6.45) is 7.74. The molecule has 44 heavy (non-hydrogen) atoms. The van der Waals surface area contributed by atoms with Gasteiger partial charge in [-0.2, -0.15) is 4.98 Å². The van der Waals surface area contributed by atoms with Crippen LogP contribution in [0.4, 0.5) is 22.2 Å². The monoisotopic (exact) mass is 616 g/mol. The second-order valence-corrected chi connectivity index (χ2v) is 12.0. The van der Waals surface area contributed by atoms with E-state index in [4.69, 9.17) is 26.1 Å². The van der Waals surface area contributed by atoms with E-state index < -0.39 is 0 Å². The summed E-state index contributed by atoms with van der Waals surface area (Å²) in [5.74, 6) is 2.49. The SMILES string of the molecule is C=CC(=O)NC1CCC(c2ccccc2)CC1Nc1ncc2c(n1)N(CC1CC1)C(=O)N(c1cc(OC)cc(OC)c1Cl)C2. The minimum absolute atomic E-state index is 0.119. The highest BCUT2D eigenvalue weighted by atomic mass is 35.5. The zero-order valence-electron chi connectivity index (χ0n) is 25.0. The number of carbonyl (C=O) groups excluding carboxylic acids is 2. The van der Waals surface area contributed by atoms with Crippen LogP contribution in [0.5, 0.6) is 11.5 Å². The van der Waals surface area contributed by atoms with Crippen LogP contribution in [0.2, 0.25) is 5.02 Å². The fraction of sp³-hybridized carbons (Fsp3) is 0.394. The van der Waals surface area contributed by atoms with Gasteiger partial charge < -0.3 is 20.1 Å². The molecule has 1 aromatic heterocycles. The molecule has 3 atom stereocenters. The lowest BCUT2D eigenvalue weighted by molar-refractivity contribution is -0.117. The number of halogens is 1. The van der Waals surface area contributed by atoms with Crippen molar-refractivity contribution in [2.24, 2.45) is 5.92 Å². The van der Waals surface area contributed by atoms with Crippen molar-refractivity contribution in [3.05, 3.63) is 77.5 Å². The zero-order chi connectivity index (χ0) is 30.8. The lowest BCUT2D eigenvalue weighted by atomic mass is 9.78. The molecule has 3 amide bonds. The van der Waals surface area contributed by atoms with Gasteiger partial charge >= 0.3 is 6.03 Å². The number of methoxy groups -OCH3 is 2. The molecule has 0 saturated heterocycles. The third kappa shape index (κ3) is 6.17. The molecular formula is C33H37ClN6O4. The van der Waals surface area contributed by atoms with E-state index in [0.717, 1.165) is 37.7 Å². The average Bonchev–Trinajstić information content (AvgIpc) is 3.88. The van der Waals surface area contributed by atoms with Gasteiger partial charge in [-0.3, -0.25) is 14.6 Å².